The zero-order chi connectivity index (χ0) is 17.3. The summed E-state index contributed by atoms with van der Waals surface area (Å²) in [6, 6.07) is 12.9. The molecule has 126 valence electrons. The first-order valence-electron chi connectivity index (χ1n) is 7.18. The van der Waals surface area contributed by atoms with Gasteiger partial charge >= 0.3 is 0 Å². The molecule has 0 fully saturated rings. The summed E-state index contributed by atoms with van der Waals surface area (Å²) in [6.45, 7) is 0. The highest BCUT2D eigenvalue weighted by Gasteiger charge is 2.19. The van der Waals surface area contributed by atoms with Gasteiger partial charge in [-0.05, 0) is 36.4 Å². The Hall–Kier alpha value is -1.97. The van der Waals surface area contributed by atoms with Crippen LogP contribution in [0.2, 0.25) is 0 Å². The Morgan fingerprint density at radius 3 is 2.25 bits per heavy atom. The number of methoxy groups -OCH3 is 2. The second kappa shape index (κ2) is 6.88. The maximum absolute atomic E-state index is 11.7. The monoisotopic (exact) mass is 439 g/mol. The summed E-state index contributed by atoms with van der Waals surface area (Å²) in [5, 5.41) is 22.0. The second-order valence-corrected chi connectivity index (χ2v) is 5.88. The summed E-state index contributed by atoms with van der Waals surface area (Å²) in [4.78, 5) is 0. The molecule has 0 atom stereocenters. The summed E-state index contributed by atoms with van der Waals surface area (Å²) in [5.41, 5.74) is 2.62. The molecule has 0 aliphatic rings. The summed E-state index contributed by atoms with van der Waals surface area (Å²) >= 11 is 2.18. The zero-order valence-electron chi connectivity index (χ0n) is 13.2. The largest absolute Gasteiger partial charge is 0.733 e. The molecular weight excluding hydrogens is 423 g/mol. The topological polar surface area (TPSA) is 69.9 Å². The van der Waals surface area contributed by atoms with Crippen LogP contribution >= 0.6 is 22.6 Å². The van der Waals surface area contributed by atoms with Crippen LogP contribution in [-0.2, 0) is 4.43 Å². The molecule has 0 saturated heterocycles. The van der Waals surface area contributed by atoms with E-state index in [9.17, 15) is 10.4 Å². The third-order valence-corrected chi connectivity index (χ3v) is 4.62. The number of aromatic nitrogens is 1. The van der Waals surface area contributed by atoms with Gasteiger partial charge in [0.25, 0.3) is 0 Å². The highest BCUT2D eigenvalue weighted by Crippen LogP contribution is 2.38. The minimum atomic E-state index is -0.0666. The number of halogens is 1. The Kier molecular flexibility index (Phi) is 4.83. The number of hydrogen-bond donors (Lipinski definition) is 1. The number of fused-ring (bicyclic) bond motifs is 1. The average molecular weight is 439 g/mol. The van der Waals surface area contributed by atoms with Crippen LogP contribution in [0.3, 0.4) is 0 Å². The van der Waals surface area contributed by atoms with E-state index in [-0.39, 0.29) is 10.9 Å². The first-order chi connectivity index (χ1) is 11.6. The number of alkyl halides is 1. The Bertz CT molecular complexity index is 859. The lowest BCUT2D eigenvalue weighted by atomic mass is 10.2. The Morgan fingerprint density at radius 2 is 1.71 bits per heavy atom. The van der Waals surface area contributed by atoms with Gasteiger partial charge in [0.15, 0.2) is 0 Å². The molecule has 7 heteroatoms. The van der Waals surface area contributed by atoms with Crippen LogP contribution in [-0.4, -0.2) is 24.0 Å². The molecule has 0 bridgehead atoms. The summed E-state index contributed by atoms with van der Waals surface area (Å²) < 4.78 is 13.0. The fourth-order valence-corrected chi connectivity index (χ4v) is 3.50. The van der Waals surface area contributed by atoms with Crippen molar-refractivity contribution in [1.82, 2.24) is 4.57 Å². The molecule has 1 aromatic heterocycles. The van der Waals surface area contributed by atoms with Crippen molar-refractivity contribution in [1.29, 1.82) is 0 Å². The number of hydrogen-bond acceptors (Lipinski definition) is 5. The van der Waals surface area contributed by atoms with Gasteiger partial charge in [0.2, 0.25) is 0 Å². The third kappa shape index (κ3) is 2.79. The molecule has 0 amide bonds. The van der Waals surface area contributed by atoms with Crippen LogP contribution < -0.4 is 14.7 Å². The predicted molar refractivity (Wildman–Crippen MR) is 102 cm³/mol. The fourth-order valence-electron chi connectivity index (χ4n) is 2.79. The van der Waals surface area contributed by atoms with E-state index in [2.05, 4.69) is 22.6 Å². The summed E-state index contributed by atoms with van der Waals surface area (Å²) in [6.07, 6.45) is 0. The van der Waals surface area contributed by atoms with Crippen molar-refractivity contribution in [3.63, 3.8) is 0 Å². The Balaban J connectivity index is 2.34. The van der Waals surface area contributed by atoms with Crippen molar-refractivity contribution in [2.45, 2.75) is 4.43 Å². The van der Waals surface area contributed by atoms with Crippen LogP contribution in [0, 0.1) is 5.21 Å². The minimum absolute atomic E-state index is 0.0666. The molecule has 0 radical (unpaired) electrons. The molecule has 3 aromatic rings. The van der Waals surface area contributed by atoms with Crippen molar-refractivity contribution >= 4 is 39.2 Å². The predicted octanol–water partition coefficient (Wildman–Crippen LogP) is 4.28. The van der Waals surface area contributed by atoms with Crippen LogP contribution in [0.4, 0.5) is 5.69 Å². The maximum Gasteiger partial charge on any atom is 0.120 e. The molecule has 24 heavy (non-hydrogen) atoms. The number of rotatable bonds is 5. The van der Waals surface area contributed by atoms with Gasteiger partial charge < -0.3 is 24.5 Å². The standard InChI is InChI=1S/C17H16IN2O4/c1-23-12-5-3-11(4-6-12)19-15-9-13(24-2)7-8-14(15)17(20(21)22)16(19)10-18/h3-9,21H,10H2,1-2H3/q-1. The van der Waals surface area contributed by atoms with Crippen molar-refractivity contribution < 1.29 is 14.7 Å². The smallest absolute Gasteiger partial charge is 0.120 e. The normalized spacial score (nSPS) is 10.9. The molecule has 2 aromatic carbocycles. The number of anilines is 1. The SMILES string of the molecule is COc1ccc(-n2c(CI)c(N([O-])O)c3ccc(OC)cc32)cc1. The molecule has 1 heterocycles. The number of benzene rings is 2. The average Bonchev–Trinajstić information content (AvgIpc) is 2.95. The lowest BCUT2D eigenvalue weighted by Gasteiger charge is -2.22. The third-order valence-electron chi connectivity index (χ3n) is 3.89. The first-order valence-corrected chi connectivity index (χ1v) is 8.71. The van der Waals surface area contributed by atoms with E-state index in [1.165, 1.54) is 0 Å². The van der Waals surface area contributed by atoms with E-state index in [0.29, 0.717) is 21.3 Å². The second-order valence-electron chi connectivity index (χ2n) is 5.12. The molecule has 6 nitrogen and oxygen atoms in total. The van der Waals surface area contributed by atoms with E-state index < -0.39 is 0 Å². The zero-order valence-corrected chi connectivity index (χ0v) is 15.4. The number of ether oxygens (including phenoxy) is 2. The van der Waals surface area contributed by atoms with E-state index in [4.69, 9.17) is 9.47 Å². The Morgan fingerprint density at radius 1 is 1.08 bits per heavy atom. The summed E-state index contributed by atoms with van der Waals surface area (Å²) in [7, 11) is 3.20. The lowest BCUT2D eigenvalue weighted by molar-refractivity contribution is 0.297. The van der Waals surface area contributed by atoms with Gasteiger partial charge in [-0.1, -0.05) is 22.6 Å². The van der Waals surface area contributed by atoms with Gasteiger partial charge in [-0.2, -0.15) is 0 Å². The first kappa shape index (κ1) is 16.9. The number of nitrogens with zero attached hydrogens (tertiary/aromatic N) is 2. The highest BCUT2D eigenvalue weighted by atomic mass is 127. The van der Waals surface area contributed by atoms with Gasteiger partial charge in [-0.3, -0.25) is 5.21 Å². The summed E-state index contributed by atoms with van der Waals surface area (Å²) in [5.74, 6) is 1.42. The molecule has 3 rings (SSSR count). The minimum Gasteiger partial charge on any atom is -0.733 e. The molecule has 0 spiro atoms. The van der Waals surface area contributed by atoms with Crippen LogP contribution in [0.15, 0.2) is 42.5 Å². The van der Waals surface area contributed by atoms with Crippen LogP contribution in [0.1, 0.15) is 5.69 Å². The van der Waals surface area contributed by atoms with Crippen molar-refractivity contribution in [3.8, 4) is 17.2 Å². The van der Waals surface area contributed by atoms with E-state index in [1.807, 2.05) is 34.9 Å². The molecule has 0 aliphatic heterocycles. The van der Waals surface area contributed by atoms with Gasteiger partial charge in [0.1, 0.15) is 11.5 Å². The molecular formula is C17H16IN2O4-. The quantitative estimate of drug-likeness (QED) is 0.365. The highest BCUT2D eigenvalue weighted by molar-refractivity contribution is 14.1. The van der Waals surface area contributed by atoms with E-state index in [0.717, 1.165) is 17.0 Å². The van der Waals surface area contributed by atoms with Gasteiger partial charge in [0.05, 0.1) is 31.1 Å². The van der Waals surface area contributed by atoms with Crippen molar-refractivity contribution in [2.24, 2.45) is 0 Å². The molecule has 1 N–H and O–H groups in total. The fraction of sp³-hybridized carbons (Fsp3) is 0.176. The van der Waals surface area contributed by atoms with Crippen LogP contribution in [0.5, 0.6) is 11.5 Å². The molecule has 0 aliphatic carbocycles. The molecule has 0 saturated carbocycles. The van der Waals surface area contributed by atoms with E-state index in [1.54, 1.807) is 26.4 Å². The van der Waals surface area contributed by atoms with Crippen molar-refractivity contribution in [3.05, 3.63) is 53.4 Å². The van der Waals surface area contributed by atoms with Gasteiger partial charge in [0, 0.05) is 21.6 Å². The van der Waals surface area contributed by atoms with Crippen molar-refractivity contribution in [2.75, 3.05) is 19.4 Å². The van der Waals surface area contributed by atoms with Gasteiger partial charge in [-0.25, -0.2) is 0 Å². The Labute approximate surface area is 152 Å². The van der Waals surface area contributed by atoms with Crippen LogP contribution in [0.25, 0.3) is 16.6 Å². The molecule has 0 unspecified atom stereocenters. The van der Waals surface area contributed by atoms with Gasteiger partial charge in [-0.15, -0.1) is 0 Å². The lowest BCUT2D eigenvalue weighted by Crippen LogP contribution is -2.09. The van der Waals surface area contributed by atoms with E-state index >= 15 is 0 Å². The maximum atomic E-state index is 11.7.